The molecule has 1 aromatic heterocycles. The molecule has 1 aromatic rings. The number of rotatable bonds is 2. The molecule has 0 aliphatic heterocycles. The molecule has 1 N–H and O–H groups in total. The number of H-pyrrole nitrogens is 1. The fourth-order valence-corrected chi connectivity index (χ4v) is 1.09. The summed E-state index contributed by atoms with van der Waals surface area (Å²) in [6.45, 7) is 2.13. The monoisotopic (exact) mass is 208 g/mol. The van der Waals surface area contributed by atoms with Crippen LogP contribution in [0.2, 0.25) is 0 Å². The molecule has 4 heteroatoms. The summed E-state index contributed by atoms with van der Waals surface area (Å²) >= 11 is 1.77. The maximum atomic E-state index is 2.96. The van der Waals surface area contributed by atoms with Crippen LogP contribution >= 0.6 is 11.9 Å². The molecule has 0 saturated carbocycles. The van der Waals surface area contributed by atoms with Crippen molar-refractivity contribution in [3.05, 3.63) is 18.7 Å². The number of nitrogens with one attached hydrogen (secondary N) is 1. The fraction of sp³-hybridized carbons (Fsp3) is 0.400. The van der Waals surface area contributed by atoms with E-state index in [4.69, 9.17) is 0 Å². The molecule has 0 unspecified atom stereocenters. The number of aromatic amines is 1. The van der Waals surface area contributed by atoms with Gasteiger partial charge in [-0.25, -0.2) is 4.98 Å². The third-order valence-electron chi connectivity index (χ3n) is 0.798. The number of aromatic nitrogens is 2. The van der Waals surface area contributed by atoms with Crippen LogP contribution in [0.25, 0.3) is 0 Å². The molecule has 1 rings (SSSR count). The van der Waals surface area contributed by atoms with Crippen LogP contribution in [0.1, 0.15) is 6.92 Å². The summed E-state index contributed by atoms with van der Waals surface area (Å²) < 4.78 is 2.04. The van der Waals surface area contributed by atoms with Gasteiger partial charge in [-0.1, -0.05) is 6.92 Å². The Bertz CT molecular complexity index is 141. The zero-order valence-corrected chi connectivity index (χ0v) is 7.58. The Morgan fingerprint density at radius 3 is 2.89 bits per heavy atom. The van der Waals surface area contributed by atoms with Gasteiger partial charge in [-0.2, -0.15) is 3.97 Å². The SMILES string of the molecule is CCS[n+]1cc[nH]c1.[Br-]. The molecule has 1 heterocycles. The molecule has 2 nitrogen and oxygen atoms in total. The zero-order chi connectivity index (χ0) is 5.82. The van der Waals surface area contributed by atoms with Crippen molar-refractivity contribution in [2.24, 2.45) is 0 Å². The Morgan fingerprint density at radius 2 is 2.44 bits per heavy atom. The first-order valence-corrected chi connectivity index (χ1v) is 3.55. The van der Waals surface area contributed by atoms with E-state index in [1.807, 2.05) is 22.7 Å². The van der Waals surface area contributed by atoms with E-state index < -0.39 is 0 Å². The first-order chi connectivity index (χ1) is 3.93. The molecule has 0 spiro atoms. The van der Waals surface area contributed by atoms with Gasteiger partial charge in [0, 0.05) is 5.75 Å². The molecule has 9 heavy (non-hydrogen) atoms. The summed E-state index contributed by atoms with van der Waals surface area (Å²) in [6, 6.07) is 0. The maximum absolute atomic E-state index is 2.96. The highest BCUT2D eigenvalue weighted by Gasteiger charge is 1.91. The van der Waals surface area contributed by atoms with Gasteiger partial charge in [-0.3, -0.25) is 0 Å². The van der Waals surface area contributed by atoms with Crippen molar-refractivity contribution in [1.29, 1.82) is 0 Å². The van der Waals surface area contributed by atoms with Crippen LogP contribution in [0.5, 0.6) is 0 Å². The average molecular weight is 209 g/mol. The maximum Gasteiger partial charge on any atom is 0.253 e. The zero-order valence-electron chi connectivity index (χ0n) is 5.17. The van der Waals surface area contributed by atoms with Gasteiger partial charge in [0.2, 0.25) is 0 Å². The molecule has 0 fully saturated rings. The average Bonchev–Trinajstić information content (AvgIpc) is 2.19. The van der Waals surface area contributed by atoms with E-state index in [0.29, 0.717) is 0 Å². The molecule has 52 valence electrons. The van der Waals surface area contributed by atoms with Crippen LogP contribution in [0.3, 0.4) is 0 Å². The molecular weight excluding hydrogens is 200 g/mol. The fourth-order valence-electron chi connectivity index (χ4n) is 0.505. The molecule has 0 aliphatic carbocycles. The van der Waals surface area contributed by atoms with Gasteiger partial charge in [0.1, 0.15) is 12.4 Å². The summed E-state index contributed by atoms with van der Waals surface area (Å²) in [5.41, 5.74) is 0. The molecule has 0 amide bonds. The number of hydrogen-bond donors (Lipinski definition) is 1. The summed E-state index contributed by atoms with van der Waals surface area (Å²) in [5, 5.41) is 0. The number of nitrogens with zero attached hydrogens (tertiary/aromatic N) is 1. The lowest BCUT2D eigenvalue weighted by atomic mass is 11.0. The van der Waals surface area contributed by atoms with Crippen molar-refractivity contribution in [1.82, 2.24) is 4.98 Å². The second-order valence-electron chi connectivity index (χ2n) is 1.39. The third kappa shape index (κ3) is 2.91. The molecule has 0 saturated heterocycles. The highest BCUT2D eigenvalue weighted by molar-refractivity contribution is 7.92. The van der Waals surface area contributed by atoms with E-state index >= 15 is 0 Å². The van der Waals surface area contributed by atoms with E-state index in [2.05, 4.69) is 11.9 Å². The van der Waals surface area contributed by atoms with Crippen molar-refractivity contribution in [3.8, 4) is 0 Å². The van der Waals surface area contributed by atoms with Gasteiger partial charge in [0.15, 0.2) is 0 Å². The molecule has 0 radical (unpaired) electrons. The van der Waals surface area contributed by atoms with Gasteiger partial charge in [-0.05, 0) is 0 Å². The van der Waals surface area contributed by atoms with Gasteiger partial charge in [-0.15, -0.1) is 0 Å². The summed E-state index contributed by atoms with van der Waals surface area (Å²) in [4.78, 5) is 2.96. The van der Waals surface area contributed by atoms with Crippen molar-refractivity contribution < 1.29 is 21.0 Å². The van der Waals surface area contributed by atoms with Crippen molar-refractivity contribution in [3.63, 3.8) is 0 Å². The third-order valence-corrected chi connectivity index (χ3v) is 1.58. The van der Waals surface area contributed by atoms with Gasteiger partial charge in [0.05, 0.1) is 11.9 Å². The highest BCUT2D eigenvalue weighted by atomic mass is 79.9. The van der Waals surface area contributed by atoms with E-state index in [1.54, 1.807) is 11.9 Å². The van der Waals surface area contributed by atoms with Crippen molar-refractivity contribution in [2.45, 2.75) is 6.92 Å². The Hall–Kier alpha value is 0.0400. The van der Waals surface area contributed by atoms with Crippen LogP contribution in [0, 0.1) is 0 Å². The Morgan fingerprint density at radius 1 is 1.67 bits per heavy atom. The topological polar surface area (TPSA) is 19.7 Å². The lowest BCUT2D eigenvalue weighted by Crippen LogP contribution is -3.00. The van der Waals surface area contributed by atoms with Crippen molar-refractivity contribution >= 4 is 11.9 Å². The van der Waals surface area contributed by atoms with Crippen LogP contribution < -0.4 is 21.0 Å². The summed E-state index contributed by atoms with van der Waals surface area (Å²) in [5.74, 6) is 1.11. The Balaban J connectivity index is 0.000000640. The smallest absolute Gasteiger partial charge is 0.253 e. The first kappa shape index (κ1) is 9.04. The quantitative estimate of drug-likeness (QED) is 0.549. The lowest BCUT2D eigenvalue weighted by Gasteiger charge is -1.82. The minimum atomic E-state index is 0. The van der Waals surface area contributed by atoms with Gasteiger partial charge >= 0.3 is 0 Å². The molecule has 0 bridgehead atoms. The number of imidazole rings is 1. The molecular formula is C5H9BrN2S. The molecule has 0 atom stereocenters. The predicted octanol–water partition coefficient (Wildman–Crippen LogP) is -2.18. The predicted molar refractivity (Wildman–Crippen MR) is 34.5 cm³/mol. The van der Waals surface area contributed by atoms with Gasteiger partial charge in [0.25, 0.3) is 6.33 Å². The van der Waals surface area contributed by atoms with Crippen LogP contribution in [0.15, 0.2) is 18.7 Å². The Labute approximate surface area is 69.6 Å². The first-order valence-electron chi connectivity index (χ1n) is 2.61. The van der Waals surface area contributed by atoms with Crippen molar-refractivity contribution in [2.75, 3.05) is 5.75 Å². The normalized spacial score (nSPS) is 8.56. The second-order valence-corrected chi connectivity index (χ2v) is 2.65. The largest absolute Gasteiger partial charge is 1.00 e. The minimum Gasteiger partial charge on any atom is -1.00 e. The highest BCUT2D eigenvalue weighted by Crippen LogP contribution is 1.88. The van der Waals surface area contributed by atoms with E-state index in [-0.39, 0.29) is 17.0 Å². The number of hydrogen-bond acceptors (Lipinski definition) is 1. The van der Waals surface area contributed by atoms with Gasteiger partial charge < -0.3 is 17.0 Å². The van der Waals surface area contributed by atoms with E-state index in [0.717, 1.165) is 5.75 Å². The summed E-state index contributed by atoms with van der Waals surface area (Å²) in [6.07, 6.45) is 5.82. The van der Waals surface area contributed by atoms with Crippen LogP contribution in [0.4, 0.5) is 0 Å². The lowest BCUT2D eigenvalue weighted by molar-refractivity contribution is -0.492. The molecule has 0 aromatic carbocycles. The minimum absolute atomic E-state index is 0. The van der Waals surface area contributed by atoms with E-state index in [1.165, 1.54) is 0 Å². The second kappa shape index (κ2) is 4.88. The molecule has 0 aliphatic rings. The number of halogens is 1. The standard InChI is InChI=1S/C5H8N2S.BrH/c1-2-8-7-4-3-6-5-7;/h3-5H,2H2,1H3;1H. The Kier molecular flexibility index (Phi) is 4.90. The van der Waals surface area contributed by atoms with Crippen LogP contribution in [-0.2, 0) is 0 Å². The van der Waals surface area contributed by atoms with Crippen LogP contribution in [-0.4, -0.2) is 10.7 Å². The summed E-state index contributed by atoms with van der Waals surface area (Å²) in [7, 11) is 0. The van der Waals surface area contributed by atoms with E-state index in [9.17, 15) is 0 Å².